The summed E-state index contributed by atoms with van der Waals surface area (Å²) in [5, 5.41) is 0.695. The topological polar surface area (TPSA) is 47.3 Å². The Morgan fingerprint density at radius 2 is 1.75 bits per heavy atom. The van der Waals surface area contributed by atoms with E-state index in [2.05, 4.69) is 33.5 Å². The number of halogens is 2. The zero-order valence-electron chi connectivity index (χ0n) is 10.9. The van der Waals surface area contributed by atoms with Gasteiger partial charge < -0.3 is 4.74 Å². The van der Waals surface area contributed by atoms with Crippen LogP contribution in [0.1, 0.15) is 5.56 Å². The summed E-state index contributed by atoms with van der Waals surface area (Å²) in [6.45, 7) is 0.494. The van der Waals surface area contributed by atoms with Gasteiger partial charge in [-0.2, -0.15) is 0 Å². The molecule has 0 aromatic heterocycles. The predicted molar refractivity (Wildman–Crippen MR) is 85.9 cm³/mol. The zero-order chi connectivity index (χ0) is 14.4. The van der Waals surface area contributed by atoms with Crippen molar-refractivity contribution in [3.63, 3.8) is 0 Å². The van der Waals surface area contributed by atoms with Gasteiger partial charge >= 0.3 is 0 Å². The Kier molecular flexibility index (Phi) is 5.86. The van der Waals surface area contributed by atoms with Crippen LogP contribution in [0.25, 0.3) is 0 Å². The van der Waals surface area contributed by atoms with E-state index in [0.717, 1.165) is 16.6 Å². The quantitative estimate of drug-likeness (QED) is 0.615. The van der Waals surface area contributed by atoms with Crippen LogP contribution in [0.2, 0.25) is 5.02 Å². The maximum Gasteiger partial charge on any atom is 0.119 e. The highest BCUT2D eigenvalue weighted by molar-refractivity contribution is 9.10. The van der Waals surface area contributed by atoms with E-state index in [0.29, 0.717) is 11.6 Å². The van der Waals surface area contributed by atoms with E-state index in [-0.39, 0.29) is 6.04 Å². The van der Waals surface area contributed by atoms with Gasteiger partial charge in [-0.1, -0.05) is 39.7 Å². The molecule has 0 fully saturated rings. The fourth-order valence-electron chi connectivity index (χ4n) is 1.80. The Hall–Kier alpha value is -1.07. The molecule has 1 unspecified atom stereocenters. The minimum atomic E-state index is 0.0480. The molecule has 0 aliphatic rings. The lowest BCUT2D eigenvalue weighted by atomic mass is 10.1. The van der Waals surface area contributed by atoms with Gasteiger partial charge in [-0.05, 0) is 48.4 Å². The summed E-state index contributed by atoms with van der Waals surface area (Å²) in [5.74, 6) is 6.36. The van der Waals surface area contributed by atoms with Crippen LogP contribution in [-0.4, -0.2) is 12.6 Å². The summed E-state index contributed by atoms with van der Waals surface area (Å²) in [4.78, 5) is 0. The van der Waals surface area contributed by atoms with E-state index in [1.165, 1.54) is 5.56 Å². The Morgan fingerprint density at radius 1 is 1.10 bits per heavy atom. The number of hydrazine groups is 1. The highest BCUT2D eigenvalue weighted by atomic mass is 79.9. The largest absolute Gasteiger partial charge is 0.492 e. The van der Waals surface area contributed by atoms with Crippen LogP contribution in [-0.2, 0) is 6.42 Å². The molecule has 0 bridgehead atoms. The number of benzene rings is 2. The van der Waals surface area contributed by atoms with Crippen molar-refractivity contribution in [2.75, 3.05) is 6.61 Å². The maximum atomic E-state index is 5.83. The van der Waals surface area contributed by atoms with Gasteiger partial charge in [0.2, 0.25) is 0 Å². The summed E-state index contributed by atoms with van der Waals surface area (Å²) >= 11 is 9.25. The van der Waals surface area contributed by atoms with Crippen molar-refractivity contribution >= 4 is 27.5 Å². The smallest absolute Gasteiger partial charge is 0.119 e. The fourth-order valence-corrected chi connectivity index (χ4v) is 2.19. The molecule has 0 saturated carbocycles. The summed E-state index contributed by atoms with van der Waals surface area (Å²) in [5.41, 5.74) is 3.99. The zero-order valence-corrected chi connectivity index (χ0v) is 13.2. The van der Waals surface area contributed by atoms with Crippen LogP contribution in [0.4, 0.5) is 0 Å². The lowest BCUT2D eigenvalue weighted by molar-refractivity contribution is 0.264. The van der Waals surface area contributed by atoms with Gasteiger partial charge in [0.05, 0.1) is 6.04 Å². The second-order valence-electron chi connectivity index (χ2n) is 4.46. The van der Waals surface area contributed by atoms with Crippen molar-refractivity contribution in [2.45, 2.75) is 12.5 Å². The van der Waals surface area contributed by atoms with Crippen molar-refractivity contribution < 1.29 is 4.74 Å². The third kappa shape index (κ3) is 4.80. The van der Waals surface area contributed by atoms with Crippen LogP contribution >= 0.6 is 27.5 Å². The molecule has 2 aromatic carbocycles. The summed E-state index contributed by atoms with van der Waals surface area (Å²) in [7, 11) is 0. The predicted octanol–water partition coefficient (Wildman–Crippen LogP) is 3.56. The average Bonchev–Trinajstić information content (AvgIpc) is 2.47. The van der Waals surface area contributed by atoms with E-state index in [1.807, 2.05) is 24.3 Å². The molecule has 2 rings (SSSR count). The van der Waals surface area contributed by atoms with E-state index in [4.69, 9.17) is 22.2 Å². The molecule has 0 radical (unpaired) electrons. The molecule has 0 heterocycles. The molecule has 0 aliphatic heterocycles. The van der Waals surface area contributed by atoms with Crippen molar-refractivity contribution in [1.82, 2.24) is 5.43 Å². The van der Waals surface area contributed by atoms with E-state index in [1.54, 1.807) is 12.1 Å². The summed E-state index contributed by atoms with van der Waals surface area (Å²) in [6.07, 6.45) is 0.803. The minimum Gasteiger partial charge on any atom is -0.492 e. The Labute approximate surface area is 132 Å². The number of ether oxygens (including phenoxy) is 1. The van der Waals surface area contributed by atoms with Crippen molar-refractivity contribution in [3.05, 3.63) is 63.6 Å². The molecule has 106 valence electrons. The van der Waals surface area contributed by atoms with E-state index >= 15 is 0 Å². The van der Waals surface area contributed by atoms with Gasteiger partial charge in [-0.15, -0.1) is 0 Å². The normalized spacial score (nSPS) is 12.2. The molecule has 5 heteroatoms. The fraction of sp³-hybridized carbons (Fsp3) is 0.200. The van der Waals surface area contributed by atoms with Gasteiger partial charge in [0.15, 0.2) is 0 Å². The third-order valence-electron chi connectivity index (χ3n) is 2.90. The van der Waals surface area contributed by atoms with Crippen LogP contribution < -0.4 is 16.0 Å². The Bertz CT molecular complexity index is 531. The SMILES string of the molecule is NNC(COc1ccc(Cl)cc1)Cc1ccc(Br)cc1. The minimum absolute atomic E-state index is 0.0480. The lowest BCUT2D eigenvalue weighted by Crippen LogP contribution is -2.41. The van der Waals surface area contributed by atoms with Crippen LogP contribution in [0.3, 0.4) is 0 Å². The van der Waals surface area contributed by atoms with Gasteiger partial charge in [-0.25, -0.2) is 0 Å². The molecule has 3 N–H and O–H groups in total. The van der Waals surface area contributed by atoms with Crippen molar-refractivity contribution in [1.29, 1.82) is 0 Å². The molecular formula is C15H16BrClN2O. The first-order valence-electron chi connectivity index (χ1n) is 6.26. The second kappa shape index (κ2) is 7.64. The summed E-state index contributed by atoms with van der Waals surface area (Å²) in [6, 6.07) is 15.5. The molecule has 0 saturated heterocycles. The monoisotopic (exact) mass is 354 g/mol. The van der Waals surface area contributed by atoms with Crippen LogP contribution in [0.5, 0.6) is 5.75 Å². The molecule has 1 atom stereocenters. The van der Waals surface area contributed by atoms with Gasteiger partial charge in [0.1, 0.15) is 12.4 Å². The number of hydrogen-bond donors (Lipinski definition) is 2. The first kappa shape index (κ1) is 15.3. The molecule has 3 nitrogen and oxygen atoms in total. The summed E-state index contributed by atoms with van der Waals surface area (Å²) < 4.78 is 6.77. The molecule has 0 aliphatic carbocycles. The van der Waals surface area contributed by atoms with E-state index < -0.39 is 0 Å². The van der Waals surface area contributed by atoms with Crippen molar-refractivity contribution in [2.24, 2.45) is 5.84 Å². The lowest BCUT2D eigenvalue weighted by Gasteiger charge is -2.17. The first-order chi connectivity index (χ1) is 9.67. The molecular weight excluding hydrogens is 340 g/mol. The Morgan fingerprint density at radius 3 is 2.35 bits per heavy atom. The number of nitrogens with two attached hydrogens (primary N) is 1. The van der Waals surface area contributed by atoms with E-state index in [9.17, 15) is 0 Å². The van der Waals surface area contributed by atoms with Crippen molar-refractivity contribution in [3.8, 4) is 5.75 Å². The van der Waals surface area contributed by atoms with Gasteiger partial charge in [-0.3, -0.25) is 11.3 Å². The van der Waals surface area contributed by atoms with Gasteiger partial charge in [0.25, 0.3) is 0 Å². The molecule has 20 heavy (non-hydrogen) atoms. The van der Waals surface area contributed by atoms with Crippen LogP contribution in [0.15, 0.2) is 53.0 Å². The standard InChI is InChI=1S/C15H16BrClN2O/c16-12-3-1-11(2-4-12)9-14(19-18)10-20-15-7-5-13(17)6-8-15/h1-8,14,19H,9-10,18H2. The molecule has 0 spiro atoms. The molecule has 0 amide bonds. The third-order valence-corrected chi connectivity index (χ3v) is 3.68. The number of rotatable bonds is 6. The number of nitrogens with one attached hydrogen (secondary N) is 1. The van der Waals surface area contributed by atoms with Crippen LogP contribution in [0, 0.1) is 0 Å². The maximum absolute atomic E-state index is 5.83. The highest BCUT2D eigenvalue weighted by Crippen LogP contribution is 2.16. The average molecular weight is 356 g/mol. The van der Waals surface area contributed by atoms with Gasteiger partial charge in [0, 0.05) is 9.50 Å². The first-order valence-corrected chi connectivity index (χ1v) is 7.43. The second-order valence-corrected chi connectivity index (χ2v) is 5.81. The molecule has 2 aromatic rings. The highest BCUT2D eigenvalue weighted by Gasteiger charge is 2.09. The Balaban J connectivity index is 1.88. The number of hydrogen-bond acceptors (Lipinski definition) is 3.